The zero-order valence-corrected chi connectivity index (χ0v) is 17.5. The highest BCUT2D eigenvalue weighted by molar-refractivity contribution is 5.97. The number of nitrogens with zero attached hydrogens (tertiary/aromatic N) is 4. The smallest absolute Gasteiger partial charge is 0.273 e. The Balaban J connectivity index is 1.31. The van der Waals surface area contributed by atoms with Gasteiger partial charge in [-0.25, -0.2) is 9.97 Å². The standard InChI is InChI=1S/C24H25N5O2/c1-13-22-19(12-31-13)18-8-20(27-10-21(18)28-23(22)25)24(30)29(17-6-7-17)11-16-5-4-15(9-26-16)14-2-3-14/h4-5,8-10,13-14,17H,2-3,6-7,11-12H2,1H3,(H2,25,28)/t13-/m1/s1. The molecule has 3 aromatic heterocycles. The van der Waals surface area contributed by atoms with E-state index in [0.29, 0.717) is 36.1 Å². The fraction of sp³-hybridized carbons (Fsp3) is 0.417. The fourth-order valence-corrected chi connectivity index (χ4v) is 4.55. The summed E-state index contributed by atoms with van der Waals surface area (Å²) in [5.41, 5.74) is 11.4. The van der Waals surface area contributed by atoms with E-state index < -0.39 is 0 Å². The molecular formula is C24H25N5O2. The molecule has 1 amide bonds. The Labute approximate surface area is 180 Å². The van der Waals surface area contributed by atoms with Crippen molar-refractivity contribution < 1.29 is 9.53 Å². The van der Waals surface area contributed by atoms with Gasteiger partial charge in [0.05, 0.1) is 36.7 Å². The molecule has 4 heterocycles. The summed E-state index contributed by atoms with van der Waals surface area (Å²) in [6.45, 7) is 2.95. The van der Waals surface area contributed by atoms with Gasteiger partial charge in [-0.05, 0) is 61.8 Å². The van der Waals surface area contributed by atoms with Crippen LogP contribution in [0.25, 0.3) is 10.9 Å². The number of nitrogen functional groups attached to an aromatic ring is 1. The second-order valence-electron chi connectivity index (χ2n) is 8.95. The van der Waals surface area contributed by atoms with Crippen molar-refractivity contribution >= 4 is 22.6 Å². The predicted molar refractivity (Wildman–Crippen MR) is 116 cm³/mol. The predicted octanol–water partition coefficient (Wildman–Crippen LogP) is 3.88. The molecule has 0 spiro atoms. The lowest BCUT2D eigenvalue weighted by molar-refractivity contribution is 0.0721. The number of rotatable bonds is 5. The number of carbonyl (C=O) groups is 1. The highest BCUT2D eigenvalue weighted by Crippen LogP contribution is 2.40. The van der Waals surface area contributed by atoms with Crippen molar-refractivity contribution in [2.75, 3.05) is 5.73 Å². The molecule has 2 N–H and O–H groups in total. The summed E-state index contributed by atoms with van der Waals surface area (Å²) >= 11 is 0. The Kier molecular flexibility index (Phi) is 4.21. The first-order valence-electron chi connectivity index (χ1n) is 11.0. The maximum Gasteiger partial charge on any atom is 0.273 e. The minimum Gasteiger partial charge on any atom is -0.383 e. The van der Waals surface area contributed by atoms with Gasteiger partial charge in [0.1, 0.15) is 11.5 Å². The number of fused-ring (bicyclic) bond motifs is 3. The number of nitrogens with two attached hydrogens (primary N) is 1. The molecule has 0 bridgehead atoms. The summed E-state index contributed by atoms with van der Waals surface area (Å²) in [6.07, 6.45) is 8.10. The Morgan fingerprint density at radius 3 is 2.74 bits per heavy atom. The van der Waals surface area contributed by atoms with Gasteiger partial charge in [0.2, 0.25) is 0 Å². The van der Waals surface area contributed by atoms with Crippen molar-refractivity contribution in [1.82, 2.24) is 19.9 Å². The first kappa shape index (κ1) is 18.7. The second-order valence-corrected chi connectivity index (χ2v) is 8.95. The molecule has 0 saturated heterocycles. The molecule has 0 unspecified atom stereocenters. The molecule has 7 heteroatoms. The molecule has 1 aliphatic heterocycles. The number of anilines is 1. The topological polar surface area (TPSA) is 94.2 Å². The van der Waals surface area contributed by atoms with Gasteiger partial charge in [0.15, 0.2) is 0 Å². The molecule has 2 fully saturated rings. The average molecular weight is 415 g/mol. The molecular weight excluding hydrogens is 390 g/mol. The lowest BCUT2D eigenvalue weighted by atomic mass is 10.0. The largest absolute Gasteiger partial charge is 0.383 e. The zero-order valence-electron chi connectivity index (χ0n) is 17.5. The number of pyridine rings is 3. The van der Waals surface area contributed by atoms with Crippen LogP contribution >= 0.6 is 0 Å². The van der Waals surface area contributed by atoms with Crippen LogP contribution < -0.4 is 5.73 Å². The van der Waals surface area contributed by atoms with Gasteiger partial charge >= 0.3 is 0 Å². The van der Waals surface area contributed by atoms with Gasteiger partial charge in [-0.2, -0.15) is 0 Å². The molecule has 3 aliphatic rings. The molecule has 7 nitrogen and oxygen atoms in total. The van der Waals surface area contributed by atoms with Crippen molar-refractivity contribution in [3.05, 3.63) is 58.7 Å². The van der Waals surface area contributed by atoms with Gasteiger partial charge in [-0.1, -0.05) is 6.07 Å². The first-order chi connectivity index (χ1) is 15.1. The van der Waals surface area contributed by atoms with Crippen molar-refractivity contribution in [2.24, 2.45) is 0 Å². The highest BCUT2D eigenvalue weighted by Gasteiger charge is 2.34. The van der Waals surface area contributed by atoms with Gasteiger partial charge < -0.3 is 15.4 Å². The third-order valence-electron chi connectivity index (χ3n) is 6.63. The number of carbonyl (C=O) groups excluding carboxylic acids is 1. The first-order valence-corrected chi connectivity index (χ1v) is 11.0. The van der Waals surface area contributed by atoms with Crippen molar-refractivity contribution in [3.63, 3.8) is 0 Å². The normalized spacial score (nSPS) is 20.1. The summed E-state index contributed by atoms with van der Waals surface area (Å²) in [4.78, 5) is 28.9. The zero-order chi connectivity index (χ0) is 21.1. The monoisotopic (exact) mass is 415 g/mol. The third-order valence-corrected chi connectivity index (χ3v) is 6.63. The molecule has 2 aliphatic carbocycles. The van der Waals surface area contributed by atoms with Gasteiger partial charge in [0.25, 0.3) is 5.91 Å². The number of amides is 1. The number of hydrogen-bond acceptors (Lipinski definition) is 6. The van der Waals surface area contributed by atoms with Crippen molar-refractivity contribution in [3.8, 4) is 0 Å². The van der Waals surface area contributed by atoms with Crippen LogP contribution in [0.1, 0.15) is 77.5 Å². The minimum atomic E-state index is -0.0909. The molecule has 0 radical (unpaired) electrons. The number of aromatic nitrogens is 3. The molecule has 1 atom stereocenters. The SMILES string of the molecule is C[C@H]1OCc2c1c(N)nc1cnc(C(=O)N(Cc3ccc(C4CC4)cn3)C3CC3)cc21. The summed E-state index contributed by atoms with van der Waals surface area (Å²) in [7, 11) is 0. The maximum atomic E-state index is 13.5. The Morgan fingerprint density at radius 1 is 1.19 bits per heavy atom. The molecule has 31 heavy (non-hydrogen) atoms. The Morgan fingerprint density at radius 2 is 2.03 bits per heavy atom. The Hall–Kier alpha value is -3.06. The molecule has 158 valence electrons. The summed E-state index contributed by atoms with van der Waals surface area (Å²) in [5.74, 6) is 1.10. The van der Waals surface area contributed by atoms with E-state index in [1.807, 2.05) is 24.1 Å². The van der Waals surface area contributed by atoms with Gasteiger partial charge in [-0.3, -0.25) is 9.78 Å². The maximum absolute atomic E-state index is 13.5. The average Bonchev–Trinajstić information content (AvgIpc) is 3.70. The summed E-state index contributed by atoms with van der Waals surface area (Å²) in [6, 6.07) is 6.32. The summed E-state index contributed by atoms with van der Waals surface area (Å²) in [5, 5.41) is 0.898. The van der Waals surface area contributed by atoms with E-state index in [1.54, 1.807) is 6.20 Å². The highest BCUT2D eigenvalue weighted by atomic mass is 16.5. The van der Waals surface area contributed by atoms with E-state index in [2.05, 4.69) is 27.1 Å². The van der Waals surface area contributed by atoms with Crippen LogP contribution in [0.2, 0.25) is 0 Å². The lowest BCUT2D eigenvalue weighted by Gasteiger charge is -2.22. The van der Waals surface area contributed by atoms with E-state index in [1.165, 1.54) is 18.4 Å². The lowest BCUT2D eigenvalue weighted by Crippen LogP contribution is -2.33. The molecule has 0 aromatic carbocycles. The van der Waals surface area contributed by atoms with Crippen molar-refractivity contribution in [1.29, 1.82) is 0 Å². The van der Waals surface area contributed by atoms with Crippen molar-refractivity contribution in [2.45, 2.75) is 63.8 Å². The number of ether oxygens (including phenoxy) is 1. The van der Waals surface area contributed by atoms with E-state index in [-0.39, 0.29) is 18.1 Å². The van der Waals surface area contributed by atoms with E-state index >= 15 is 0 Å². The van der Waals surface area contributed by atoms with Crippen LogP contribution in [0, 0.1) is 0 Å². The fourth-order valence-electron chi connectivity index (χ4n) is 4.55. The van der Waals surface area contributed by atoms with E-state index in [4.69, 9.17) is 10.5 Å². The van der Waals surface area contributed by atoms with Crippen LogP contribution in [0.3, 0.4) is 0 Å². The van der Waals surface area contributed by atoms with Crippen LogP contribution in [-0.4, -0.2) is 31.8 Å². The summed E-state index contributed by atoms with van der Waals surface area (Å²) < 4.78 is 5.77. The minimum absolute atomic E-state index is 0.0602. The van der Waals surface area contributed by atoms with E-state index in [9.17, 15) is 4.79 Å². The number of hydrogen-bond donors (Lipinski definition) is 1. The molecule has 6 rings (SSSR count). The van der Waals surface area contributed by atoms with Crippen LogP contribution in [0.5, 0.6) is 0 Å². The molecule has 3 aromatic rings. The second kappa shape index (κ2) is 6.99. The van der Waals surface area contributed by atoms with Crippen LogP contribution in [0.4, 0.5) is 5.82 Å². The quantitative estimate of drug-likeness (QED) is 0.680. The van der Waals surface area contributed by atoms with Crippen LogP contribution in [0.15, 0.2) is 30.6 Å². The molecule has 2 saturated carbocycles. The van der Waals surface area contributed by atoms with E-state index in [0.717, 1.165) is 35.0 Å². The van der Waals surface area contributed by atoms with Gasteiger partial charge in [0, 0.05) is 23.2 Å². The van der Waals surface area contributed by atoms with Crippen LogP contribution in [-0.2, 0) is 17.9 Å². The van der Waals surface area contributed by atoms with Gasteiger partial charge in [-0.15, -0.1) is 0 Å². The third kappa shape index (κ3) is 3.33. The Bertz CT molecular complexity index is 1180.